The summed E-state index contributed by atoms with van der Waals surface area (Å²) in [6.07, 6.45) is 1.93. The number of nitrogens with zero attached hydrogens (tertiary/aromatic N) is 1. The Morgan fingerprint density at radius 2 is 2.05 bits per heavy atom. The SMILES string of the molecule is N#Cc1ccc(NCc2ccc3[nH]ccc3c2)cc1Cl. The van der Waals surface area contributed by atoms with Crippen molar-refractivity contribution in [3.05, 3.63) is 64.8 Å². The first-order chi connectivity index (χ1) is 9.76. The van der Waals surface area contributed by atoms with Crippen LogP contribution in [-0.2, 0) is 6.54 Å². The van der Waals surface area contributed by atoms with Crippen LogP contribution in [0.4, 0.5) is 5.69 Å². The van der Waals surface area contributed by atoms with Crippen LogP contribution in [0.5, 0.6) is 0 Å². The van der Waals surface area contributed by atoms with Crippen LogP contribution < -0.4 is 5.32 Å². The highest BCUT2D eigenvalue weighted by atomic mass is 35.5. The summed E-state index contributed by atoms with van der Waals surface area (Å²) in [7, 11) is 0. The van der Waals surface area contributed by atoms with Crippen molar-refractivity contribution >= 4 is 28.2 Å². The quantitative estimate of drug-likeness (QED) is 0.752. The van der Waals surface area contributed by atoms with Crippen molar-refractivity contribution in [3.8, 4) is 6.07 Å². The number of aromatic nitrogens is 1. The van der Waals surface area contributed by atoms with Crippen LogP contribution in [0, 0.1) is 11.3 Å². The molecule has 1 heterocycles. The standard InChI is InChI=1S/C16H12ClN3/c17-15-8-14(3-2-13(15)9-18)20-10-11-1-4-16-12(7-11)5-6-19-16/h1-8,19-20H,10H2. The number of hydrogen-bond donors (Lipinski definition) is 2. The number of hydrogen-bond acceptors (Lipinski definition) is 2. The Morgan fingerprint density at radius 3 is 2.85 bits per heavy atom. The molecule has 0 aliphatic rings. The van der Waals surface area contributed by atoms with Gasteiger partial charge in [0.05, 0.1) is 10.6 Å². The van der Waals surface area contributed by atoms with E-state index in [1.807, 2.05) is 12.3 Å². The van der Waals surface area contributed by atoms with Gasteiger partial charge in [-0.05, 0) is 47.3 Å². The predicted molar refractivity (Wildman–Crippen MR) is 81.8 cm³/mol. The zero-order valence-electron chi connectivity index (χ0n) is 10.7. The fraction of sp³-hybridized carbons (Fsp3) is 0.0625. The molecule has 0 unspecified atom stereocenters. The Labute approximate surface area is 121 Å². The molecular weight excluding hydrogens is 270 g/mol. The Balaban J connectivity index is 1.75. The minimum absolute atomic E-state index is 0.471. The number of halogens is 1. The number of nitriles is 1. The summed E-state index contributed by atoms with van der Waals surface area (Å²) in [6.45, 7) is 0.712. The molecule has 0 saturated heterocycles. The molecule has 3 aromatic rings. The molecule has 3 rings (SSSR count). The zero-order chi connectivity index (χ0) is 13.9. The molecule has 20 heavy (non-hydrogen) atoms. The number of anilines is 1. The fourth-order valence-corrected chi connectivity index (χ4v) is 2.36. The molecule has 0 aliphatic heterocycles. The fourth-order valence-electron chi connectivity index (χ4n) is 2.13. The lowest BCUT2D eigenvalue weighted by Crippen LogP contribution is -1.99. The molecule has 0 atom stereocenters. The average molecular weight is 282 g/mol. The van der Waals surface area contributed by atoms with E-state index in [1.54, 1.807) is 12.1 Å². The van der Waals surface area contributed by atoms with Gasteiger partial charge < -0.3 is 10.3 Å². The zero-order valence-corrected chi connectivity index (χ0v) is 11.4. The Bertz CT molecular complexity index is 799. The largest absolute Gasteiger partial charge is 0.381 e. The number of benzene rings is 2. The van der Waals surface area contributed by atoms with Gasteiger partial charge in [0.25, 0.3) is 0 Å². The molecule has 0 fully saturated rings. The second-order valence-electron chi connectivity index (χ2n) is 4.56. The molecule has 0 radical (unpaired) electrons. The Hall–Kier alpha value is -2.44. The Kier molecular flexibility index (Phi) is 3.32. The number of fused-ring (bicyclic) bond motifs is 1. The van der Waals surface area contributed by atoms with E-state index in [1.165, 1.54) is 10.9 Å². The van der Waals surface area contributed by atoms with Crippen LogP contribution in [-0.4, -0.2) is 4.98 Å². The van der Waals surface area contributed by atoms with Crippen LogP contribution in [0.2, 0.25) is 5.02 Å². The monoisotopic (exact) mass is 281 g/mol. The van der Waals surface area contributed by atoms with Crippen molar-refractivity contribution in [2.75, 3.05) is 5.32 Å². The van der Waals surface area contributed by atoms with E-state index in [-0.39, 0.29) is 0 Å². The topological polar surface area (TPSA) is 51.6 Å². The maximum atomic E-state index is 8.84. The normalized spacial score (nSPS) is 10.4. The number of nitrogens with one attached hydrogen (secondary N) is 2. The van der Waals surface area contributed by atoms with Gasteiger partial charge in [0.2, 0.25) is 0 Å². The van der Waals surface area contributed by atoms with Crippen molar-refractivity contribution in [2.45, 2.75) is 6.54 Å². The highest BCUT2D eigenvalue weighted by Crippen LogP contribution is 2.21. The molecule has 0 spiro atoms. The van der Waals surface area contributed by atoms with Gasteiger partial charge in [0.15, 0.2) is 0 Å². The van der Waals surface area contributed by atoms with Crippen molar-refractivity contribution in [1.29, 1.82) is 5.26 Å². The molecule has 98 valence electrons. The lowest BCUT2D eigenvalue weighted by Gasteiger charge is -2.07. The summed E-state index contributed by atoms with van der Waals surface area (Å²) in [5.74, 6) is 0. The van der Waals surface area contributed by atoms with Gasteiger partial charge in [-0.3, -0.25) is 0 Å². The third-order valence-corrected chi connectivity index (χ3v) is 3.52. The van der Waals surface area contributed by atoms with Gasteiger partial charge in [0.1, 0.15) is 6.07 Å². The van der Waals surface area contributed by atoms with Gasteiger partial charge in [0, 0.05) is 23.9 Å². The first-order valence-corrected chi connectivity index (χ1v) is 6.63. The third kappa shape index (κ3) is 2.47. The number of rotatable bonds is 3. The molecule has 1 aromatic heterocycles. The first-order valence-electron chi connectivity index (χ1n) is 6.26. The van der Waals surface area contributed by atoms with Gasteiger partial charge in [-0.1, -0.05) is 17.7 Å². The molecule has 2 aromatic carbocycles. The van der Waals surface area contributed by atoms with Gasteiger partial charge >= 0.3 is 0 Å². The highest BCUT2D eigenvalue weighted by Gasteiger charge is 2.02. The van der Waals surface area contributed by atoms with Gasteiger partial charge in [-0.2, -0.15) is 5.26 Å². The number of aromatic amines is 1. The summed E-state index contributed by atoms with van der Waals surface area (Å²) in [4.78, 5) is 3.17. The van der Waals surface area contributed by atoms with Crippen molar-refractivity contribution < 1.29 is 0 Å². The summed E-state index contributed by atoms with van der Waals surface area (Å²) >= 11 is 6.01. The van der Waals surface area contributed by atoms with Crippen LogP contribution in [0.3, 0.4) is 0 Å². The van der Waals surface area contributed by atoms with Crippen LogP contribution in [0.1, 0.15) is 11.1 Å². The minimum atomic E-state index is 0.471. The van der Waals surface area contributed by atoms with Crippen molar-refractivity contribution in [2.24, 2.45) is 0 Å². The smallest absolute Gasteiger partial charge is 0.101 e. The van der Waals surface area contributed by atoms with E-state index in [2.05, 4.69) is 40.6 Å². The van der Waals surface area contributed by atoms with Crippen molar-refractivity contribution in [3.63, 3.8) is 0 Å². The van der Waals surface area contributed by atoms with E-state index in [0.29, 0.717) is 17.1 Å². The maximum Gasteiger partial charge on any atom is 0.101 e. The molecule has 0 aliphatic carbocycles. The molecular formula is C16H12ClN3. The van der Waals surface area contributed by atoms with E-state index in [0.717, 1.165) is 11.2 Å². The summed E-state index contributed by atoms with van der Waals surface area (Å²) in [5.41, 5.74) is 3.72. The van der Waals surface area contributed by atoms with E-state index < -0.39 is 0 Å². The summed E-state index contributed by atoms with van der Waals surface area (Å²) in [6, 6.07) is 15.7. The van der Waals surface area contributed by atoms with E-state index in [9.17, 15) is 0 Å². The predicted octanol–water partition coefficient (Wildman–Crippen LogP) is 4.31. The van der Waals surface area contributed by atoms with E-state index >= 15 is 0 Å². The lowest BCUT2D eigenvalue weighted by molar-refractivity contribution is 1.15. The van der Waals surface area contributed by atoms with E-state index in [4.69, 9.17) is 16.9 Å². The van der Waals surface area contributed by atoms with Gasteiger partial charge in [-0.15, -0.1) is 0 Å². The first kappa shape index (κ1) is 12.6. The maximum absolute atomic E-state index is 8.84. The van der Waals surface area contributed by atoms with Crippen LogP contribution >= 0.6 is 11.6 Å². The molecule has 0 amide bonds. The second-order valence-corrected chi connectivity index (χ2v) is 4.97. The summed E-state index contributed by atoms with van der Waals surface area (Å²) in [5, 5.41) is 13.8. The molecule has 0 bridgehead atoms. The highest BCUT2D eigenvalue weighted by molar-refractivity contribution is 6.32. The average Bonchev–Trinajstić information content (AvgIpc) is 2.92. The molecule has 4 heteroatoms. The molecule has 3 nitrogen and oxygen atoms in total. The third-order valence-electron chi connectivity index (χ3n) is 3.20. The second kappa shape index (κ2) is 5.28. The minimum Gasteiger partial charge on any atom is -0.381 e. The van der Waals surface area contributed by atoms with Crippen LogP contribution in [0.25, 0.3) is 10.9 Å². The van der Waals surface area contributed by atoms with Crippen LogP contribution in [0.15, 0.2) is 48.7 Å². The molecule has 0 saturated carbocycles. The summed E-state index contributed by atoms with van der Waals surface area (Å²) < 4.78 is 0. The number of H-pyrrole nitrogens is 1. The Morgan fingerprint density at radius 1 is 1.15 bits per heavy atom. The lowest BCUT2D eigenvalue weighted by atomic mass is 10.1. The van der Waals surface area contributed by atoms with Crippen molar-refractivity contribution in [1.82, 2.24) is 4.98 Å². The molecule has 2 N–H and O–H groups in total. The van der Waals surface area contributed by atoms with Gasteiger partial charge in [-0.25, -0.2) is 0 Å².